The number of rotatable bonds is 5. The first-order valence-corrected chi connectivity index (χ1v) is 7.94. The largest absolute Gasteiger partial charge is 0.327 e. The molecule has 1 aromatic carbocycles. The summed E-state index contributed by atoms with van der Waals surface area (Å²) in [4.78, 5) is 7.42. The van der Waals surface area contributed by atoms with E-state index in [1.165, 1.54) is 43.7 Å². The standard InChI is InChI=1S/C17H25N3/c1-3-14(2)12-20-16-9-5-4-8-15(16)18-17(20)13-19-10-6-7-11-19/h4-5,8-9,14H,3,6-7,10-13H2,1-2H3. The third-order valence-corrected chi connectivity index (χ3v) is 4.49. The zero-order chi connectivity index (χ0) is 13.9. The molecule has 2 heterocycles. The summed E-state index contributed by atoms with van der Waals surface area (Å²) in [5.74, 6) is 1.94. The molecular weight excluding hydrogens is 246 g/mol. The summed E-state index contributed by atoms with van der Waals surface area (Å²) in [6.07, 6.45) is 3.90. The Balaban J connectivity index is 1.93. The number of aromatic nitrogens is 2. The molecule has 0 bridgehead atoms. The van der Waals surface area contributed by atoms with Crippen molar-refractivity contribution >= 4 is 11.0 Å². The van der Waals surface area contributed by atoms with Gasteiger partial charge in [0.05, 0.1) is 17.6 Å². The van der Waals surface area contributed by atoms with Crippen molar-refractivity contribution < 1.29 is 0 Å². The maximum atomic E-state index is 4.88. The number of hydrogen-bond donors (Lipinski definition) is 0. The van der Waals surface area contributed by atoms with Crippen molar-refractivity contribution in [2.45, 2.75) is 46.2 Å². The average molecular weight is 271 g/mol. The van der Waals surface area contributed by atoms with E-state index in [0.717, 1.165) is 18.6 Å². The minimum atomic E-state index is 0.699. The van der Waals surface area contributed by atoms with Gasteiger partial charge in [0.15, 0.2) is 0 Å². The van der Waals surface area contributed by atoms with Gasteiger partial charge < -0.3 is 4.57 Å². The van der Waals surface area contributed by atoms with Gasteiger partial charge in [-0.1, -0.05) is 32.4 Å². The molecule has 1 fully saturated rings. The van der Waals surface area contributed by atoms with Gasteiger partial charge in [-0.15, -0.1) is 0 Å². The molecule has 1 aromatic heterocycles. The molecule has 0 saturated carbocycles. The molecule has 0 spiro atoms. The van der Waals surface area contributed by atoms with Crippen LogP contribution in [-0.2, 0) is 13.1 Å². The van der Waals surface area contributed by atoms with Crippen LogP contribution in [0.2, 0.25) is 0 Å². The lowest BCUT2D eigenvalue weighted by molar-refractivity contribution is 0.313. The second kappa shape index (κ2) is 5.96. The monoisotopic (exact) mass is 271 g/mol. The van der Waals surface area contributed by atoms with Gasteiger partial charge in [0.1, 0.15) is 5.82 Å². The van der Waals surface area contributed by atoms with E-state index in [4.69, 9.17) is 4.98 Å². The van der Waals surface area contributed by atoms with Crippen molar-refractivity contribution in [3.63, 3.8) is 0 Å². The van der Waals surface area contributed by atoms with Gasteiger partial charge in [0, 0.05) is 6.54 Å². The summed E-state index contributed by atoms with van der Waals surface area (Å²) in [7, 11) is 0. The molecule has 1 unspecified atom stereocenters. The van der Waals surface area contributed by atoms with Gasteiger partial charge in [0.25, 0.3) is 0 Å². The lowest BCUT2D eigenvalue weighted by Gasteiger charge is -2.18. The van der Waals surface area contributed by atoms with E-state index >= 15 is 0 Å². The number of hydrogen-bond acceptors (Lipinski definition) is 2. The minimum absolute atomic E-state index is 0.699. The maximum absolute atomic E-state index is 4.88. The van der Waals surface area contributed by atoms with Crippen LogP contribution in [0.3, 0.4) is 0 Å². The van der Waals surface area contributed by atoms with Crippen LogP contribution < -0.4 is 0 Å². The van der Waals surface area contributed by atoms with Gasteiger partial charge in [-0.2, -0.15) is 0 Å². The second-order valence-electron chi connectivity index (χ2n) is 6.12. The van der Waals surface area contributed by atoms with Gasteiger partial charge in [-0.3, -0.25) is 4.90 Å². The molecule has 1 saturated heterocycles. The van der Waals surface area contributed by atoms with Crippen LogP contribution in [-0.4, -0.2) is 27.5 Å². The number of nitrogens with zero attached hydrogens (tertiary/aromatic N) is 3. The Bertz CT molecular complexity index is 567. The third kappa shape index (κ3) is 2.73. The van der Waals surface area contributed by atoms with Crippen molar-refractivity contribution in [3.05, 3.63) is 30.1 Å². The molecule has 0 amide bonds. The predicted molar refractivity (Wildman–Crippen MR) is 83.7 cm³/mol. The first kappa shape index (κ1) is 13.6. The second-order valence-corrected chi connectivity index (χ2v) is 6.12. The number of likely N-dealkylation sites (tertiary alicyclic amines) is 1. The number of imidazole rings is 1. The fraction of sp³-hybridized carbons (Fsp3) is 0.588. The molecule has 3 nitrogen and oxygen atoms in total. The van der Waals surface area contributed by atoms with Crippen molar-refractivity contribution in [1.82, 2.24) is 14.5 Å². The van der Waals surface area contributed by atoms with Crippen molar-refractivity contribution in [2.24, 2.45) is 5.92 Å². The molecule has 108 valence electrons. The molecular formula is C17H25N3. The van der Waals surface area contributed by atoms with E-state index < -0.39 is 0 Å². The zero-order valence-electron chi connectivity index (χ0n) is 12.7. The first-order valence-electron chi connectivity index (χ1n) is 7.94. The molecule has 2 aromatic rings. The summed E-state index contributed by atoms with van der Waals surface area (Å²) in [5, 5.41) is 0. The van der Waals surface area contributed by atoms with Crippen LogP contribution in [0.4, 0.5) is 0 Å². The van der Waals surface area contributed by atoms with Gasteiger partial charge >= 0.3 is 0 Å². The van der Waals surface area contributed by atoms with E-state index in [9.17, 15) is 0 Å². The van der Waals surface area contributed by atoms with E-state index in [0.29, 0.717) is 5.92 Å². The molecule has 1 atom stereocenters. The van der Waals surface area contributed by atoms with E-state index in [-0.39, 0.29) is 0 Å². The third-order valence-electron chi connectivity index (χ3n) is 4.49. The molecule has 0 aliphatic carbocycles. The smallest absolute Gasteiger partial charge is 0.124 e. The lowest BCUT2D eigenvalue weighted by Crippen LogP contribution is -2.22. The van der Waals surface area contributed by atoms with E-state index in [1.807, 2.05) is 0 Å². The summed E-state index contributed by atoms with van der Waals surface area (Å²) in [6, 6.07) is 8.55. The van der Waals surface area contributed by atoms with Crippen LogP contribution >= 0.6 is 0 Å². The van der Waals surface area contributed by atoms with E-state index in [1.54, 1.807) is 0 Å². The topological polar surface area (TPSA) is 21.1 Å². The highest BCUT2D eigenvalue weighted by Gasteiger charge is 2.17. The molecule has 20 heavy (non-hydrogen) atoms. The molecule has 0 radical (unpaired) electrons. The molecule has 3 rings (SSSR count). The van der Waals surface area contributed by atoms with Gasteiger partial charge in [-0.05, 0) is 44.0 Å². The highest BCUT2D eigenvalue weighted by Crippen LogP contribution is 2.21. The minimum Gasteiger partial charge on any atom is -0.327 e. The van der Waals surface area contributed by atoms with Crippen LogP contribution in [0.25, 0.3) is 11.0 Å². The van der Waals surface area contributed by atoms with Gasteiger partial charge in [0.2, 0.25) is 0 Å². The van der Waals surface area contributed by atoms with Gasteiger partial charge in [-0.25, -0.2) is 4.98 Å². The summed E-state index contributed by atoms with van der Waals surface area (Å²) in [5.41, 5.74) is 2.44. The van der Waals surface area contributed by atoms with Crippen molar-refractivity contribution in [2.75, 3.05) is 13.1 Å². The van der Waals surface area contributed by atoms with E-state index in [2.05, 4.69) is 47.6 Å². The molecule has 1 aliphatic rings. The zero-order valence-corrected chi connectivity index (χ0v) is 12.7. The van der Waals surface area contributed by atoms with Crippen LogP contribution in [0.5, 0.6) is 0 Å². The SMILES string of the molecule is CCC(C)Cn1c(CN2CCCC2)nc2ccccc21. The Morgan fingerprint density at radius 2 is 1.95 bits per heavy atom. The first-order chi connectivity index (χ1) is 9.78. The summed E-state index contributed by atoms with van der Waals surface area (Å²) in [6.45, 7) is 9.14. The highest BCUT2D eigenvalue weighted by molar-refractivity contribution is 5.75. The molecule has 0 N–H and O–H groups in total. The average Bonchev–Trinajstić information content (AvgIpc) is 3.08. The fourth-order valence-corrected chi connectivity index (χ4v) is 3.03. The number of benzene rings is 1. The Morgan fingerprint density at radius 3 is 2.70 bits per heavy atom. The Morgan fingerprint density at radius 1 is 1.20 bits per heavy atom. The molecule has 1 aliphatic heterocycles. The van der Waals surface area contributed by atoms with Crippen molar-refractivity contribution in [1.29, 1.82) is 0 Å². The molecule has 3 heteroatoms. The predicted octanol–water partition coefficient (Wildman–Crippen LogP) is 3.68. The Kier molecular flexibility index (Phi) is 4.06. The van der Waals surface area contributed by atoms with Crippen molar-refractivity contribution in [3.8, 4) is 0 Å². The van der Waals surface area contributed by atoms with Crippen LogP contribution in [0.15, 0.2) is 24.3 Å². The quantitative estimate of drug-likeness (QED) is 0.827. The van der Waals surface area contributed by atoms with Crippen LogP contribution in [0, 0.1) is 5.92 Å². The fourth-order valence-electron chi connectivity index (χ4n) is 3.03. The highest BCUT2D eigenvalue weighted by atomic mass is 15.2. The maximum Gasteiger partial charge on any atom is 0.124 e. The summed E-state index contributed by atoms with van der Waals surface area (Å²) < 4.78 is 2.45. The number of para-hydroxylation sites is 2. The normalized spacial score (nSPS) is 17.9. The lowest BCUT2D eigenvalue weighted by atomic mass is 10.1. The number of fused-ring (bicyclic) bond motifs is 1. The summed E-state index contributed by atoms with van der Waals surface area (Å²) >= 11 is 0. The Hall–Kier alpha value is -1.35. The Labute approximate surface area is 121 Å². The van der Waals surface area contributed by atoms with Crippen LogP contribution in [0.1, 0.15) is 38.9 Å².